The SMILES string of the molecule is COc1c(-c2cc(Br)nc(C(C)(C)C)n2)ccc(C)c1C. The van der Waals surface area contributed by atoms with Gasteiger partial charge in [0, 0.05) is 11.0 Å². The second-order valence-electron chi connectivity index (χ2n) is 6.24. The number of methoxy groups -OCH3 is 1. The summed E-state index contributed by atoms with van der Waals surface area (Å²) in [4.78, 5) is 9.22. The van der Waals surface area contributed by atoms with Crippen LogP contribution in [0.25, 0.3) is 11.3 Å². The largest absolute Gasteiger partial charge is 0.496 e. The van der Waals surface area contributed by atoms with Crippen LogP contribution in [0.4, 0.5) is 0 Å². The second-order valence-corrected chi connectivity index (χ2v) is 7.05. The van der Waals surface area contributed by atoms with Crippen molar-refractivity contribution < 1.29 is 4.74 Å². The van der Waals surface area contributed by atoms with Gasteiger partial charge in [-0.25, -0.2) is 9.97 Å². The Morgan fingerprint density at radius 3 is 2.33 bits per heavy atom. The first kappa shape index (κ1) is 16.0. The molecule has 0 aliphatic heterocycles. The third-order valence-electron chi connectivity index (χ3n) is 3.52. The van der Waals surface area contributed by atoms with E-state index in [0.29, 0.717) is 0 Å². The standard InChI is InChI=1S/C17H21BrN2O/c1-10-7-8-12(15(21-6)11(10)2)13-9-14(18)20-16(19-13)17(3,4)5/h7-9H,1-6H3. The second kappa shape index (κ2) is 5.76. The Bertz CT molecular complexity index is 675. The lowest BCUT2D eigenvalue weighted by atomic mass is 9.95. The van der Waals surface area contributed by atoms with Crippen LogP contribution < -0.4 is 4.74 Å². The molecule has 4 heteroatoms. The van der Waals surface area contributed by atoms with Crippen molar-refractivity contribution in [1.82, 2.24) is 9.97 Å². The molecule has 0 aliphatic carbocycles. The Hall–Kier alpha value is -1.42. The fourth-order valence-electron chi connectivity index (χ4n) is 2.15. The number of nitrogens with zero attached hydrogens (tertiary/aromatic N) is 2. The van der Waals surface area contributed by atoms with Crippen molar-refractivity contribution in [2.75, 3.05) is 7.11 Å². The zero-order chi connectivity index (χ0) is 15.8. The monoisotopic (exact) mass is 348 g/mol. The van der Waals surface area contributed by atoms with Gasteiger partial charge in [-0.15, -0.1) is 0 Å². The van der Waals surface area contributed by atoms with Gasteiger partial charge in [0.25, 0.3) is 0 Å². The van der Waals surface area contributed by atoms with Crippen LogP contribution in [-0.2, 0) is 5.41 Å². The van der Waals surface area contributed by atoms with E-state index in [-0.39, 0.29) is 5.41 Å². The molecule has 0 radical (unpaired) electrons. The number of rotatable bonds is 2. The van der Waals surface area contributed by atoms with E-state index < -0.39 is 0 Å². The van der Waals surface area contributed by atoms with E-state index in [0.717, 1.165) is 33.0 Å². The van der Waals surface area contributed by atoms with Crippen molar-refractivity contribution >= 4 is 15.9 Å². The van der Waals surface area contributed by atoms with Crippen LogP contribution in [0.2, 0.25) is 0 Å². The first-order valence-corrected chi connectivity index (χ1v) is 7.73. The average Bonchev–Trinajstić information content (AvgIpc) is 2.40. The Balaban J connectivity index is 2.68. The molecule has 1 aromatic heterocycles. The number of aromatic nitrogens is 2. The number of aryl methyl sites for hydroxylation is 1. The first-order chi connectivity index (χ1) is 9.74. The topological polar surface area (TPSA) is 35.0 Å². The van der Waals surface area contributed by atoms with Crippen molar-refractivity contribution in [3.63, 3.8) is 0 Å². The smallest absolute Gasteiger partial charge is 0.135 e. The van der Waals surface area contributed by atoms with Gasteiger partial charge in [-0.1, -0.05) is 26.8 Å². The van der Waals surface area contributed by atoms with Gasteiger partial charge in [-0.05, 0) is 53.0 Å². The highest BCUT2D eigenvalue weighted by atomic mass is 79.9. The Morgan fingerprint density at radius 1 is 1.10 bits per heavy atom. The van der Waals surface area contributed by atoms with Crippen LogP contribution in [0, 0.1) is 13.8 Å². The van der Waals surface area contributed by atoms with Gasteiger partial charge in [0.2, 0.25) is 0 Å². The highest BCUT2D eigenvalue weighted by molar-refractivity contribution is 9.10. The van der Waals surface area contributed by atoms with Crippen molar-refractivity contribution in [2.45, 2.75) is 40.0 Å². The number of hydrogen-bond acceptors (Lipinski definition) is 3. The molecule has 112 valence electrons. The molecule has 0 bridgehead atoms. The van der Waals surface area contributed by atoms with Crippen LogP contribution in [0.15, 0.2) is 22.8 Å². The molecule has 0 spiro atoms. The Kier molecular flexibility index (Phi) is 4.38. The fraction of sp³-hybridized carbons (Fsp3) is 0.412. The molecule has 21 heavy (non-hydrogen) atoms. The van der Waals surface area contributed by atoms with E-state index in [2.05, 4.69) is 67.7 Å². The molecule has 2 aromatic rings. The summed E-state index contributed by atoms with van der Waals surface area (Å²) in [6.45, 7) is 10.5. The van der Waals surface area contributed by atoms with Crippen LogP contribution in [-0.4, -0.2) is 17.1 Å². The lowest BCUT2D eigenvalue weighted by molar-refractivity contribution is 0.412. The van der Waals surface area contributed by atoms with Gasteiger partial charge < -0.3 is 4.74 Å². The minimum atomic E-state index is -0.106. The van der Waals surface area contributed by atoms with Crippen LogP contribution in [0.3, 0.4) is 0 Å². The predicted octanol–water partition coefficient (Wildman–Crippen LogP) is 4.83. The molecule has 0 amide bonds. The van der Waals surface area contributed by atoms with E-state index in [9.17, 15) is 0 Å². The summed E-state index contributed by atoms with van der Waals surface area (Å²) in [7, 11) is 1.70. The summed E-state index contributed by atoms with van der Waals surface area (Å²) >= 11 is 3.49. The van der Waals surface area contributed by atoms with Gasteiger partial charge in [0.1, 0.15) is 16.2 Å². The first-order valence-electron chi connectivity index (χ1n) is 6.93. The van der Waals surface area contributed by atoms with Crippen molar-refractivity contribution in [2.24, 2.45) is 0 Å². The zero-order valence-electron chi connectivity index (χ0n) is 13.4. The minimum Gasteiger partial charge on any atom is -0.496 e. The van der Waals surface area contributed by atoms with Gasteiger partial charge in [0.15, 0.2) is 0 Å². The van der Waals surface area contributed by atoms with Crippen LogP contribution in [0.5, 0.6) is 5.75 Å². The molecular weight excluding hydrogens is 328 g/mol. The molecule has 2 rings (SSSR count). The highest BCUT2D eigenvalue weighted by Crippen LogP contribution is 2.35. The van der Waals surface area contributed by atoms with Gasteiger partial charge in [-0.2, -0.15) is 0 Å². The minimum absolute atomic E-state index is 0.106. The molecule has 0 aliphatic rings. The molecule has 0 N–H and O–H groups in total. The van der Waals surface area contributed by atoms with E-state index >= 15 is 0 Å². The van der Waals surface area contributed by atoms with Gasteiger partial charge in [0.05, 0.1) is 12.8 Å². The Morgan fingerprint density at radius 2 is 1.76 bits per heavy atom. The summed E-state index contributed by atoms with van der Waals surface area (Å²) in [5.41, 5.74) is 4.11. The molecule has 0 saturated heterocycles. The van der Waals surface area contributed by atoms with Crippen molar-refractivity contribution in [1.29, 1.82) is 0 Å². The number of hydrogen-bond donors (Lipinski definition) is 0. The van der Waals surface area contributed by atoms with E-state index in [4.69, 9.17) is 9.72 Å². The van der Waals surface area contributed by atoms with Crippen molar-refractivity contribution in [3.8, 4) is 17.0 Å². The molecular formula is C17H21BrN2O. The third kappa shape index (κ3) is 3.26. The molecule has 0 atom stereocenters. The molecule has 0 unspecified atom stereocenters. The summed E-state index contributed by atoms with van der Waals surface area (Å²) < 4.78 is 6.39. The summed E-state index contributed by atoms with van der Waals surface area (Å²) in [6, 6.07) is 6.09. The third-order valence-corrected chi connectivity index (χ3v) is 3.93. The Labute approximate surface area is 134 Å². The lowest BCUT2D eigenvalue weighted by Crippen LogP contribution is -2.16. The normalized spacial score (nSPS) is 11.6. The zero-order valence-corrected chi connectivity index (χ0v) is 15.0. The van der Waals surface area contributed by atoms with Crippen LogP contribution in [0.1, 0.15) is 37.7 Å². The molecule has 3 nitrogen and oxygen atoms in total. The quantitative estimate of drug-likeness (QED) is 0.729. The van der Waals surface area contributed by atoms with Gasteiger partial charge >= 0.3 is 0 Å². The summed E-state index contributed by atoms with van der Waals surface area (Å²) in [5.74, 6) is 1.69. The highest BCUT2D eigenvalue weighted by Gasteiger charge is 2.20. The number of benzene rings is 1. The maximum Gasteiger partial charge on any atom is 0.135 e. The van der Waals surface area contributed by atoms with Gasteiger partial charge in [-0.3, -0.25) is 0 Å². The maximum atomic E-state index is 5.60. The van der Waals surface area contributed by atoms with E-state index in [1.165, 1.54) is 5.56 Å². The number of halogens is 1. The summed E-state index contributed by atoms with van der Waals surface area (Å²) in [6.07, 6.45) is 0. The molecule has 1 aromatic carbocycles. The van der Waals surface area contributed by atoms with E-state index in [1.54, 1.807) is 7.11 Å². The average molecular weight is 349 g/mol. The molecule has 0 saturated carbocycles. The molecule has 0 fully saturated rings. The maximum absolute atomic E-state index is 5.60. The fourth-order valence-corrected chi connectivity index (χ4v) is 2.53. The summed E-state index contributed by atoms with van der Waals surface area (Å²) in [5, 5.41) is 0. The number of ether oxygens (including phenoxy) is 1. The van der Waals surface area contributed by atoms with Crippen LogP contribution >= 0.6 is 15.9 Å². The van der Waals surface area contributed by atoms with E-state index in [1.807, 2.05) is 6.07 Å². The lowest BCUT2D eigenvalue weighted by Gasteiger charge is -2.19. The van der Waals surface area contributed by atoms with Crippen molar-refractivity contribution in [3.05, 3.63) is 39.8 Å². The molecule has 1 heterocycles. The predicted molar refractivity (Wildman–Crippen MR) is 89.9 cm³/mol.